The van der Waals surface area contributed by atoms with Crippen LogP contribution in [0.2, 0.25) is 0 Å². The molecular weight excluding hydrogens is 436 g/mol. The Morgan fingerprint density at radius 2 is 2.00 bits per heavy atom. The number of rotatable bonds is 9. The van der Waals surface area contributed by atoms with Crippen molar-refractivity contribution >= 4 is 23.5 Å². The van der Waals surface area contributed by atoms with Crippen molar-refractivity contribution < 1.29 is 13.6 Å². The first-order valence-corrected chi connectivity index (χ1v) is 12.6. The normalized spacial score (nSPS) is 14.5. The Hall–Kier alpha value is -2.74. The van der Waals surface area contributed by atoms with E-state index in [-0.39, 0.29) is 11.7 Å². The van der Waals surface area contributed by atoms with Crippen LogP contribution >= 0.6 is 11.8 Å². The van der Waals surface area contributed by atoms with Crippen molar-refractivity contribution in [3.8, 4) is 0 Å². The summed E-state index contributed by atoms with van der Waals surface area (Å²) in [6, 6.07) is 9.79. The molecule has 3 aromatic heterocycles. The predicted octanol–water partition coefficient (Wildman–Crippen LogP) is 5.78. The van der Waals surface area contributed by atoms with Crippen LogP contribution in [0.15, 0.2) is 50.6 Å². The molecule has 1 aliphatic rings. The second-order valence-corrected chi connectivity index (χ2v) is 9.75. The van der Waals surface area contributed by atoms with E-state index in [0.29, 0.717) is 35.8 Å². The van der Waals surface area contributed by atoms with Crippen LogP contribution in [-0.4, -0.2) is 29.0 Å². The maximum Gasteiger partial charge on any atom is 0.287 e. The fraction of sp³-hybridized carbons (Fsp3) is 0.480. The van der Waals surface area contributed by atoms with E-state index in [1.54, 1.807) is 18.4 Å². The summed E-state index contributed by atoms with van der Waals surface area (Å²) in [6.07, 6.45) is 7.93. The molecule has 1 aliphatic carbocycles. The number of nitrogens with one attached hydrogen (secondary N) is 1. The van der Waals surface area contributed by atoms with E-state index in [1.807, 2.05) is 12.1 Å². The first-order valence-electron chi connectivity index (χ1n) is 11.6. The van der Waals surface area contributed by atoms with Crippen LogP contribution in [0.1, 0.15) is 79.6 Å². The van der Waals surface area contributed by atoms with Crippen molar-refractivity contribution in [3.63, 3.8) is 0 Å². The zero-order valence-electron chi connectivity index (χ0n) is 19.5. The molecule has 0 aromatic carbocycles. The first-order chi connectivity index (χ1) is 16.0. The Balaban J connectivity index is 1.40. The number of thioether (sulfide) groups is 1. The van der Waals surface area contributed by atoms with E-state index in [4.69, 9.17) is 18.8 Å². The standard InChI is InChI=1S/C25H32N4O3S/c1-17(2)21-14-23(29(3)18-8-5-4-6-9-18)28-25(27-21)33-16-20-11-12-22(32-20)24(30)26-15-19-10-7-13-31-19/h7,10-14,17-18H,4-6,8-9,15-16H2,1-3H3,(H,26,30). The minimum atomic E-state index is -0.267. The quantitative estimate of drug-likeness (QED) is 0.315. The van der Waals surface area contributed by atoms with E-state index in [2.05, 4.69) is 37.2 Å². The Morgan fingerprint density at radius 1 is 1.18 bits per heavy atom. The van der Waals surface area contributed by atoms with Crippen LogP contribution in [0.4, 0.5) is 5.82 Å². The van der Waals surface area contributed by atoms with Gasteiger partial charge in [0.1, 0.15) is 17.3 Å². The van der Waals surface area contributed by atoms with Crippen molar-refractivity contribution in [1.29, 1.82) is 0 Å². The molecule has 4 rings (SSSR count). The number of aromatic nitrogens is 2. The van der Waals surface area contributed by atoms with Gasteiger partial charge in [-0.05, 0) is 43.0 Å². The van der Waals surface area contributed by atoms with Gasteiger partial charge in [-0.1, -0.05) is 44.9 Å². The van der Waals surface area contributed by atoms with Gasteiger partial charge in [-0.2, -0.15) is 0 Å². The topological polar surface area (TPSA) is 84.4 Å². The molecular formula is C25H32N4O3S. The van der Waals surface area contributed by atoms with Gasteiger partial charge in [0.25, 0.3) is 5.91 Å². The third-order valence-corrected chi connectivity index (χ3v) is 6.89. The van der Waals surface area contributed by atoms with Gasteiger partial charge < -0.3 is 19.1 Å². The Morgan fingerprint density at radius 3 is 2.73 bits per heavy atom. The third kappa shape index (κ3) is 6.19. The summed E-state index contributed by atoms with van der Waals surface area (Å²) in [5.74, 6) is 3.29. The monoisotopic (exact) mass is 468 g/mol. The molecule has 1 N–H and O–H groups in total. The number of carbonyl (C=O) groups is 1. The van der Waals surface area contributed by atoms with Crippen molar-refractivity contribution in [2.24, 2.45) is 0 Å². The molecule has 0 bridgehead atoms. The molecule has 1 saturated carbocycles. The zero-order chi connectivity index (χ0) is 23.2. The van der Waals surface area contributed by atoms with Crippen LogP contribution in [0.3, 0.4) is 0 Å². The molecule has 0 spiro atoms. The summed E-state index contributed by atoms with van der Waals surface area (Å²) in [5, 5.41) is 3.53. The van der Waals surface area contributed by atoms with Crippen LogP contribution in [0.25, 0.3) is 0 Å². The smallest absolute Gasteiger partial charge is 0.287 e. The highest BCUT2D eigenvalue weighted by molar-refractivity contribution is 7.98. The average molecular weight is 469 g/mol. The molecule has 3 aromatic rings. The maximum atomic E-state index is 12.3. The molecule has 7 nitrogen and oxygen atoms in total. The number of carbonyl (C=O) groups excluding carboxylic acids is 1. The van der Waals surface area contributed by atoms with Gasteiger partial charge in [0.2, 0.25) is 0 Å². The molecule has 0 saturated heterocycles. The molecule has 3 heterocycles. The van der Waals surface area contributed by atoms with E-state index >= 15 is 0 Å². The minimum Gasteiger partial charge on any atom is -0.467 e. The molecule has 33 heavy (non-hydrogen) atoms. The summed E-state index contributed by atoms with van der Waals surface area (Å²) in [7, 11) is 2.15. The fourth-order valence-electron chi connectivity index (χ4n) is 4.01. The molecule has 1 amide bonds. The Bertz CT molecular complexity index is 1040. The van der Waals surface area contributed by atoms with Crippen molar-refractivity contribution in [1.82, 2.24) is 15.3 Å². The molecule has 1 fully saturated rings. The van der Waals surface area contributed by atoms with Gasteiger partial charge in [-0.3, -0.25) is 4.79 Å². The molecule has 0 aliphatic heterocycles. The van der Waals surface area contributed by atoms with Gasteiger partial charge in [0.05, 0.1) is 18.6 Å². The third-order valence-electron chi connectivity index (χ3n) is 6.02. The lowest BCUT2D eigenvalue weighted by atomic mass is 9.94. The number of hydrogen-bond donors (Lipinski definition) is 1. The van der Waals surface area contributed by atoms with Crippen LogP contribution in [-0.2, 0) is 12.3 Å². The molecule has 0 radical (unpaired) electrons. The second kappa shape index (κ2) is 10.9. The number of amides is 1. The highest BCUT2D eigenvalue weighted by atomic mass is 32.2. The lowest BCUT2D eigenvalue weighted by Gasteiger charge is -2.32. The van der Waals surface area contributed by atoms with E-state index in [1.165, 1.54) is 43.9 Å². The van der Waals surface area contributed by atoms with E-state index < -0.39 is 0 Å². The average Bonchev–Trinajstić information content (AvgIpc) is 3.53. The molecule has 176 valence electrons. The molecule has 0 atom stereocenters. The van der Waals surface area contributed by atoms with Crippen LogP contribution in [0, 0.1) is 0 Å². The maximum absolute atomic E-state index is 12.3. The largest absolute Gasteiger partial charge is 0.467 e. The zero-order valence-corrected chi connectivity index (χ0v) is 20.4. The SMILES string of the molecule is CC(C)c1cc(N(C)C2CCCCC2)nc(SCc2ccc(C(=O)NCc3ccco3)o2)n1. The highest BCUT2D eigenvalue weighted by Gasteiger charge is 2.21. The van der Waals surface area contributed by atoms with Crippen LogP contribution in [0.5, 0.6) is 0 Å². The Kier molecular flexibility index (Phi) is 7.75. The highest BCUT2D eigenvalue weighted by Crippen LogP contribution is 2.29. The summed E-state index contributed by atoms with van der Waals surface area (Å²) in [5.41, 5.74) is 1.04. The second-order valence-electron chi connectivity index (χ2n) is 8.81. The van der Waals surface area contributed by atoms with E-state index in [9.17, 15) is 4.79 Å². The van der Waals surface area contributed by atoms with Crippen molar-refractivity contribution in [2.75, 3.05) is 11.9 Å². The van der Waals surface area contributed by atoms with Gasteiger partial charge in [0.15, 0.2) is 10.9 Å². The summed E-state index contributed by atoms with van der Waals surface area (Å²) in [6.45, 7) is 4.63. The first kappa shape index (κ1) is 23.4. The number of hydrogen-bond acceptors (Lipinski definition) is 7. The Labute approximate surface area is 199 Å². The van der Waals surface area contributed by atoms with Gasteiger partial charge >= 0.3 is 0 Å². The van der Waals surface area contributed by atoms with Crippen molar-refractivity contribution in [2.45, 2.75) is 75.4 Å². The fourth-order valence-corrected chi connectivity index (χ4v) is 4.76. The minimum absolute atomic E-state index is 0.267. The predicted molar refractivity (Wildman–Crippen MR) is 130 cm³/mol. The van der Waals surface area contributed by atoms with Gasteiger partial charge in [0, 0.05) is 24.8 Å². The molecule has 0 unspecified atom stereocenters. The summed E-state index contributed by atoms with van der Waals surface area (Å²) >= 11 is 1.53. The number of nitrogens with zero attached hydrogens (tertiary/aromatic N) is 3. The lowest BCUT2D eigenvalue weighted by Crippen LogP contribution is -2.34. The van der Waals surface area contributed by atoms with Crippen molar-refractivity contribution in [3.05, 3.63) is 59.6 Å². The summed E-state index contributed by atoms with van der Waals surface area (Å²) in [4.78, 5) is 24.3. The number of anilines is 1. The number of furan rings is 2. The van der Waals surface area contributed by atoms with Crippen LogP contribution < -0.4 is 10.2 Å². The van der Waals surface area contributed by atoms with Gasteiger partial charge in [-0.25, -0.2) is 9.97 Å². The van der Waals surface area contributed by atoms with Gasteiger partial charge in [-0.15, -0.1) is 0 Å². The van der Waals surface area contributed by atoms with E-state index in [0.717, 1.165) is 16.7 Å². The lowest BCUT2D eigenvalue weighted by molar-refractivity contribution is 0.0919. The summed E-state index contributed by atoms with van der Waals surface area (Å²) < 4.78 is 11.0. The molecule has 8 heteroatoms.